The number of hydrogen-bond acceptors (Lipinski definition) is 0. The second kappa shape index (κ2) is 4.46. The van der Waals surface area contributed by atoms with Gasteiger partial charge in [0.1, 0.15) is 0 Å². The highest BCUT2D eigenvalue weighted by molar-refractivity contribution is 7.54. The highest BCUT2D eigenvalue weighted by Gasteiger charge is 1.79. The van der Waals surface area contributed by atoms with Gasteiger partial charge in [-0.25, -0.2) is 0 Å². The second-order valence-electron chi connectivity index (χ2n) is 2.06. The first kappa shape index (κ1) is 7.30. The number of unbranched alkanes of at least 4 members (excludes halogenated alkanes) is 1. The fourth-order valence-corrected chi connectivity index (χ4v) is 1.44. The molecule has 0 aliphatic carbocycles. The first-order chi connectivity index (χ1) is 3.27. The van der Waals surface area contributed by atoms with Crippen molar-refractivity contribution in [2.75, 3.05) is 12.8 Å². The van der Waals surface area contributed by atoms with Crippen molar-refractivity contribution in [3.05, 3.63) is 0 Å². The van der Waals surface area contributed by atoms with Gasteiger partial charge in [-0.1, -0.05) is 13.3 Å². The van der Waals surface area contributed by atoms with E-state index in [1.54, 1.807) is 0 Å². The van der Waals surface area contributed by atoms with E-state index in [1.165, 1.54) is 19.0 Å². The standard InChI is InChI=1S/C6H15P/c1-4-5-6-7(2)3/h7H,2,4-6H2,1,3H3. The maximum Gasteiger partial charge on any atom is -0.0360 e. The van der Waals surface area contributed by atoms with Crippen molar-refractivity contribution in [2.24, 2.45) is 0 Å². The average Bonchev–Trinajstić information content (AvgIpc) is 1.61. The van der Waals surface area contributed by atoms with Crippen molar-refractivity contribution in [3.63, 3.8) is 0 Å². The second-order valence-corrected chi connectivity index (χ2v) is 4.47. The van der Waals surface area contributed by atoms with Gasteiger partial charge in [0.05, 0.1) is 0 Å². The smallest absolute Gasteiger partial charge is 0.0360 e. The molecule has 0 rings (SSSR count). The highest BCUT2D eigenvalue weighted by Crippen LogP contribution is 2.13. The fraction of sp³-hybridized carbons (Fsp3) is 0.833. The van der Waals surface area contributed by atoms with E-state index < -0.39 is 0 Å². The molecule has 7 heavy (non-hydrogen) atoms. The van der Waals surface area contributed by atoms with Gasteiger partial charge in [-0.05, 0) is 19.2 Å². The van der Waals surface area contributed by atoms with Crippen LogP contribution in [0, 0.1) is 0 Å². The third-order valence-corrected chi connectivity index (χ3v) is 2.16. The van der Waals surface area contributed by atoms with Crippen LogP contribution in [0.15, 0.2) is 0 Å². The molecule has 0 fully saturated rings. The molecule has 0 aromatic carbocycles. The molecule has 0 bridgehead atoms. The normalized spacial score (nSPS) is 14.0. The molecule has 0 spiro atoms. The van der Waals surface area contributed by atoms with Gasteiger partial charge < -0.3 is 0 Å². The molecule has 0 aliphatic heterocycles. The van der Waals surface area contributed by atoms with Gasteiger partial charge in [0.2, 0.25) is 0 Å². The minimum Gasteiger partial charge on any atom is -0.128 e. The maximum absolute atomic E-state index is 3.98. The molecule has 44 valence electrons. The quantitative estimate of drug-likeness (QED) is 0.497. The summed E-state index contributed by atoms with van der Waals surface area (Å²) in [6.07, 6.45) is 8.08. The van der Waals surface area contributed by atoms with Crippen LogP contribution in [0.5, 0.6) is 0 Å². The summed E-state index contributed by atoms with van der Waals surface area (Å²) in [5, 5.41) is 0. The molecule has 1 heteroatoms. The molecular formula is C6H15P. The van der Waals surface area contributed by atoms with E-state index in [1.807, 2.05) is 0 Å². The summed E-state index contributed by atoms with van der Waals surface area (Å²) in [7, 11) is -0.147. The topological polar surface area (TPSA) is 0 Å². The van der Waals surface area contributed by atoms with Crippen LogP contribution in [-0.4, -0.2) is 19.1 Å². The fourth-order valence-electron chi connectivity index (χ4n) is 0.479. The van der Waals surface area contributed by atoms with Crippen molar-refractivity contribution >= 4 is 13.8 Å². The lowest BCUT2D eigenvalue weighted by molar-refractivity contribution is 0.894. The molecule has 0 radical (unpaired) electrons. The zero-order chi connectivity index (χ0) is 5.70. The first-order valence-electron chi connectivity index (χ1n) is 2.91. The van der Waals surface area contributed by atoms with E-state index in [2.05, 4.69) is 19.9 Å². The van der Waals surface area contributed by atoms with Crippen molar-refractivity contribution in [3.8, 4) is 0 Å². The zero-order valence-corrected chi connectivity index (χ0v) is 6.33. The van der Waals surface area contributed by atoms with E-state index in [4.69, 9.17) is 0 Å². The summed E-state index contributed by atoms with van der Waals surface area (Å²) in [6, 6.07) is 0. The highest BCUT2D eigenvalue weighted by atomic mass is 31.1. The largest absolute Gasteiger partial charge is 0.128 e. The molecule has 0 amide bonds. The lowest BCUT2D eigenvalue weighted by Gasteiger charge is -1.93. The SMILES string of the molecule is C=[PH](C)CCCC. The van der Waals surface area contributed by atoms with Crippen LogP contribution in [0.1, 0.15) is 19.8 Å². The first-order valence-corrected chi connectivity index (χ1v) is 5.33. The van der Waals surface area contributed by atoms with Gasteiger partial charge in [0.15, 0.2) is 0 Å². The number of rotatable bonds is 3. The van der Waals surface area contributed by atoms with Gasteiger partial charge in [0.25, 0.3) is 0 Å². The monoisotopic (exact) mass is 118 g/mol. The minimum atomic E-state index is -0.147. The molecule has 0 aromatic heterocycles. The third-order valence-electron chi connectivity index (χ3n) is 0.957. The lowest BCUT2D eigenvalue weighted by atomic mass is 10.4. The van der Waals surface area contributed by atoms with Gasteiger partial charge in [-0.3, -0.25) is 0 Å². The van der Waals surface area contributed by atoms with E-state index in [0.717, 1.165) is 0 Å². The van der Waals surface area contributed by atoms with Crippen LogP contribution in [0.25, 0.3) is 0 Å². The molecule has 0 aliphatic rings. The van der Waals surface area contributed by atoms with Gasteiger partial charge in [-0.2, -0.15) is 0 Å². The summed E-state index contributed by atoms with van der Waals surface area (Å²) in [6.45, 7) is 4.49. The minimum absolute atomic E-state index is 0.147. The summed E-state index contributed by atoms with van der Waals surface area (Å²) in [5.41, 5.74) is 0. The van der Waals surface area contributed by atoms with Gasteiger partial charge in [-0.15, -0.1) is 13.8 Å². The van der Waals surface area contributed by atoms with Crippen molar-refractivity contribution in [2.45, 2.75) is 19.8 Å². The predicted molar refractivity (Wildman–Crippen MR) is 41.1 cm³/mol. The summed E-state index contributed by atoms with van der Waals surface area (Å²) >= 11 is 0. The van der Waals surface area contributed by atoms with Crippen LogP contribution in [0.4, 0.5) is 0 Å². The van der Waals surface area contributed by atoms with Crippen molar-refractivity contribution in [1.29, 1.82) is 0 Å². The van der Waals surface area contributed by atoms with Crippen LogP contribution in [0.3, 0.4) is 0 Å². The van der Waals surface area contributed by atoms with Crippen LogP contribution in [-0.2, 0) is 0 Å². The predicted octanol–water partition coefficient (Wildman–Crippen LogP) is 2.06. The Bertz CT molecular complexity index is 57.2. The van der Waals surface area contributed by atoms with E-state index in [9.17, 15) is 0 Å². The summed E-state index contributed by atoms with van der Waals surface area (Å²) in [4.78, 5) is 0. The van der Waals surface area contributed by atoms with Crippen LogP contribution < -0.4 is 0 Å². The average molecular weight is 118 g/mol. The van der Waals surface area contributed by atoms with Crippen LogP contribution in [0.2, 0.25) is 0 Å². The van der Waals surface area contributed by atoms with Crippen LogP contribution >= 0.6 is 7.55 Å². The number of hydrogen-bond donors (Lipinski definition) is 0. The molecule has 1 unspecified atom stereocenters. The maximum atomic E-state index is 3.98. The van der Waals surface area contributed by atoms with Gasteiger partial charge >= 0.3 is 0 Å². The Labute approximate surface area is 47.3 Å². The molecule has 0 nitrogen and oxygen atoms in total. The molecular weight excluding hydrogens is 103 g/mol. The van der Waals surface area contributed by atoms with E-state index in [0.29, 0.717) is 0 Å². The Morgan fingerprint density at radius 2 is 2.14 bits per heavy atom. The molecule has 0 heterocycles. The molecule has 0 saturated carbocycles. The Hall–Kier alpha value is 0.300. The van der Waals surface area contributed by atoms with Crippen molar-refractivity contribution in [1.82, 2.24) is 0 Å². The summed E-state index contributed by atoms with van der Waals surface area (Å²) in [5.74, 6) is 0. The van der Waals surface area contributed by atoms with E-state index in [-0.39, 0.29) is 7.55 Å². The van der Waals surface area contributed by atoms with E-state index >= 15 is 0 Å². The Kier molecular flexibility index (Phi) is 4.65. The Morgan fingerprint density at radius 1 is 1.57 bits per heavy atom. The molecule has 0 N–H and O–H groups in total. The lowest BCUT2D eigenvalue weighted by Crippen LogP contribution is -1.73. The Balaban J connectivity index is 2.82. The summed E-state index contributed by atoms with van der Waals surface area (Å²) < 4.78 is 0. The molecule has 0 aromatic rings. The van der Waals surface area contributed by atoms with Gasteiger partial charge in [0, 0.05) is 0 Å². The zero-order valence-electron chi connectivity index (χ0n) is 5.33. The molecule has 0 saturated heterocycles. The Morgan fingerprint density at radius 3 is 2.29 bits per heavy atom. The third kappa shape index (κ3) is 6.30. The van der Waals surface area contributed by atoms with Crippen molar-refractivity contribution < 1.29 is 0 Å². The molecule has 1 atom stereocenters.